The van der Waals surface area contributed by atoms with Crippen LogP contribution in [0.4, 0.5) is 13.2 Å². The molecule has 26 heavy (non-hydrogen) atoms. The molecule has 2 aromatic carbocycles. The average Bonchev–Trinajstić information content (AvgIpc) is 2.63. The van der Waals surface area contributed by atoms with E-state index in [4.69, 9.17) is 4.74 Å². The number of rotatable bonds is 8. The molecule has 3 nitrogen and oxygen atoms in total. The normalized spacial score (nSPS) is 11.2. The molecule has 0 unspecified atom stereocenters. The Bertz CT molecular complexity index is 684. The number of benzene rings is 2. The van der Waals surface area contributed by atoms with Gasteiger partial charge in [-0.15, -0.1) is 0 Å². The van der Waals surface area contributed by atoms with Crippen LogP contribution in [0, 0.1) is 0 Å². The molecule has 0 atom stereocenters. The van der Waals surface area contributed by atoms with Crippen LogP contribution in [0.15, 0.2) is 54.6 Å². The summed E-state index contributed by atoms with van der Waals surface area (Å²) >= 11 is 0. The Morgan fingerprint density at radius 1 is 1.04 bits per heavy atom. The van der Waals surface area contributed by atoms with Gasteiger partial charge in [0.25, 0.3) is 5.91 Å². The maximum Gasteiger partial charge on any atom is 0.406 e. The van der Waals surface area contributed by atoms with Crippen LogP contribution in [0.2, 0.25) is 0 Å². The molecule has 140 valence electrons. The Kier molecular flexibility index (Phi) is 7.06. The third-order valence-corrected chi connectivity index (χ3v) is 3.79. The highest BCUT2D eigenvalue weighted by Crippen LogP contribution is 2.20. The zero-order valence-electron chi connectivity index (χ0n) is 14.6. The summed E-state index contributed by atoms with van der Waals surface area (Å²) in [5.41, 5.74) is 1.22. The van der Waals surface area contributed by atoms with Crippen molar-refractivity contribution in [3.8, 4) is 5.75 Å². The van der Waals surface area contributed by atoms with Crippen molar-refractivity contribution in [3.63, 3.8) is 0 Å². The first kappa shape index (κ1) is 19.8. The van der Waals surface area contributed by atoms with Gasteiger partial charge in [-0.2, -0.15) is 13.2 Å². The maximum atomic E-state index is 12.7. The minimum absolute atomic E-state index is 0.0844. The lowest BCUT2D eigenvalue weighted by atomic mass is 10.1. The summed E-state index contributed by atoms with van der Waals surface area (Å²) in [4.78, 5) is 13.3. The quantitative estimate of drug-likeness (QED) is 0.654. The molecule has 6 heteroatoms. The van der Waals surface area contributed by atoms with Gasteiger partial charge in [0, 0.05) is 12.1 Å². The van der Waals surface area contributed by atoms with E-state index in [-0.39, 0.29) is 12.1 Å². The van der Waals surface area contributed by atoms with Gasteiger partial charge in [-0.1, -0.05) is 43.7 Å². The summed E-state index contributed by atoms with van der Waals surface area (Å²) in [6.45, 7) is 1.10. The van der Waals surface area contributed by atoms with Crippen LogP contribution >= 0.6 is 0 Å². The lowest BCUT2D eigenvalue weighted by Gasteiger charge is -2.24. The number of carbonyl (C=O) groups excluding carboxylic acids is 1. The molecule has 0 bridgehead atoms. The lowest BCUT2D eigenvalue weighted by Crippen LogP contribution is -2.39. The third kappa shape index (κ3) is 6.43. The van der Waals surface area contributed by atoms with Crippen molar-refractivity contribution in [2.75, 3.05) is 13.1 Å². The van der Waals surface area contributed by atoms with Gasteiger partial charge in [0.05, 0.1) is 0 Å². The van der Waals surface area contributed by atoms with E-state index in [1.165, 1.54) is 12.1 Å². The van der Waals surface area contributed by atoms with E-state index in [1.54, 1.807) is 12.1 Å². The lowest BCUT2D eigenvalue weighted by molar-refractivity contribution is -0.140. The first-order valence-electron chi connectivity index (χ1n) is 8.52. The van der Waals surface area contributed by atoms with E-state index >= 15 is 0 Å². The van der Waals surface area contributed by atoms with Gasteiger partial charge in [-0.3, -0.25) is 4.79 Å². The van der Waals surface area contributed by atoms with Crippen molar-refractivity contribution in [1.82, 2.24) is 4.90 Å². The Morgan fingerprint density at radius 2 is 1.69 bits per heavy atom. The van der Waals surface area contributed by atoms with Crippen LogP contribution in [0.1, 0.15) is 35.7 Å². The van der Waals surface area contributed by atoms with Gasteiger partial charge >= 0.3 is 6.18 Å². The highest BCUT2D eigenvalue weighted by molar-refractivity contribution is 5.94. The van der Waals surface area contributed by atoms with Gasteiger partial charge in [0.1, 0.15) is 18.9 Å². The van der Waals surface area contributed by atoms with Crippen molar-refractivity contribution in [1.29, 1.82) is 0 Å². The van der Waals surface area contributed by atoms with Crippen LogP contribution in [0.5, 0.6) is 5.75 Å². The Morgan fingerprint density at radius 3 is 2.27 bits per heavy atom. The molecule has 0 N–H and O–H groups in total. The third-order valence-electron chi connectivity index (χ3n) is 3.79. The number of nitrogens with zero attached hydrogens (tertiary/aromatic N) is 1. The van der Waals surface area contributed by atoms with E-state index in [0.717, 1.165) is 10.5 Å². The SMILES string of the molecule is CCCCN(CC(F)(F)F)C(=O)c1ccc(OCc2ccccc2)cc1. The molecule has 0 heterocycles. The summed E-state index contributed by atoms with van der Waals surface area (Å²) in [6.07, 6.45) is -3.17. The minimum Gasteiger partial charge on any atom is -0.489 e. The van der Waals surface area contributed by atoms with E-state index in [2.05, 4.69) is 0 Å². The number of halogens is 3. The second-order valence-electron chi connectivity index (χ2n) is 5.99. The molecule has 0 radical (unpaired) electrons. The number of unbranched alkanes of at least 4 members (excludes halogenated alkanes) is 1. The van der Waals surface area contributed by atoms with E-state index in [0.29, 0.717) is 25.2 Å². The fraction of sp³-hybridized carbons (Fsp3) is 0.350. The van der Waals surface area contributed by atoms with Gasteiger partial charge in [0.2, 0.25) is 0 Å². The van der Waals surface area contributed by atoms with Gasteiger partial charge in [-0.05, 0) is 36.2 Å². The second kappa shape index (κ2) is 9.27. The number of carbonyl (C=O) groups is 1. The molecule has 2 aromatic rings. The van der Waals surface area contributed by atoms with Crippen molar-refractivity contribution >= 4 is 5.91 Å². The molecule has 0 aliphatic carbocycles. The number of hydrogen-bond acceptors (Lipinski definition) is 2. The fourth-order valence-corrected chi connectivity index (χ4v) is 2.44. The van der Waals surface area contributed by atoms with Crippen molar-refractivity contribution in [2.24, 2.45) is 0 Å². The predicted octanol–water partition coefficient (Wildman–Crippen LogP) is 5.07. The summed E-state index contributed by atoms with van der Waals surface area (Å²) in [5.74, 6) is -0.0632. The van der Waals surface area contributed by atoms with Crippen LogP contribution < -0.4 is 4.74 Å². The molecule has 0 fully saturated rings. The summed E-state index contributed by atoms with van der Waals surface area (Å²) in [7, 11) is 0. The first-order chi connectivity index (χ1) is 12.4. The second-order valence-corrected chi connectivity index (χ2v) is 5.99. The van der Waals surface area contributed by atoms with Crippen LogP contribution in [0.25, 0.3) is 0 Å². The maximum absolute atomic E-state index is 12.7. The minimum atomic E-state index is -4.41. The molecule has 2 rings (SSSR count). The largest absolute Gasteiger partial charge is 0.489 e. The summed E-state index contributed by atoms with van der Waals surface area (Å²) in [5, 5.41) is 0. The molecule has 0 saturated carbocycles. The zero-order chi connectivity index (χ0) is 19.0. The number of hydrogen-bond donors (Lipinski definition) is 0. The van der Waals surface area contributed by atoms with Crippen molar-refractivity contribution in [2.45, 2.75) is 32.5 Å². The summed E-state index contributed by atoms with van der Waals surface area (Å²) in [6, 6.07) is 15.8. The molecule has 0 saturated heterocycles. The number of alkyl halides is 3. The number of ether oxygens (including phenoxy) is 1. The topological polar surface area (TPSA) is 29.5 Å². The highest BCUT2D eigenvalue weighted by atomic mass is 19.4. The van der Waals surface area contributed by atoms with Crippen LogP contribution in [-0.2, 0) is 6.61 Å². The van der Waals surface area contributed by atoms with Gasteiger partial charge < -0.3 is 9.64 Å². The molecule has 0 spiro atoms. The molecule has 0 aliphatic rings. The predicted molar refractivity (Wildman–Crippen MR) is 94.1 cm³/mol. The standard InChI is InChI=1S/C20H22F3NO2/c1-2-3-13-24(15-20(21,22)23)19(25)17-9-11-18(12-10-17)26-14-16-7-5-4-6-8-16/h4-12H,2-3,13-15H2,1H3. The van der Waals surface area contributed by atoms with E-state index in [9.17, 15) is 18.0 Å². The molecule has 1 amide bonds. The van der Waals surface area contributed by atoms with Crippen LogP contribution in [0.3, 0.4) is 0 Å². The summed E-state index contributed by atoms with van der Waals surface area (Å²) < 4.78 is 43.8. The molecular weight excluding hydrogens is 343 g/mol. The first-order valence-corrected chi connectivity index (χ1v) is 8.52. The van der Waals surface area contributed by atoms with Crippen molar-refractivity contribution < 1.29 is 22.7 Å². The average molecular weight is 365 g/mol. The van der Waals surface area contributed by atoms with Crippen LogP contribution in [-0.4, -0.2) is 30.1 Å². The van der Waals surface area contributed by atoms with E-state index < -0.39 is 18.6 Å². The molecule has 0 aromatic heterocycles. The Balaban J connectivity index is 2.01. The highest BCUT2D eigenvalue weighted by Gasteiger charge is 2.33. The molecular formula is C20H22F3NO2. The zero-order valence-corrected chi connectivity index (χ0v) is 14.6. The van der Waals surface area contributed by atoms with Gasteiger partial charge in [-0.25, -0.2) is 0 Å². The van der Waals surface area contributed by atoms with Crippen molar-refractivity contribution in [3.05, 3.63) is 65.7 Å². The smallest absolute Gasteiger partial charge is 0.406 e. The fourth-order valence-electron chi connectivity index (χ4n) is 2.44. The monoisotopic (exact) mass is 365 g/mol. The Labute approximate surface area is 151 Å². The molecule has 0 aliphatic heterocycles. The van der Waals surface area contributed by atoms with E-state index in [1.807, 2.05) is 37.3 Å². The number of amides is 1. The Hall–Kier alpha value is -2.50. The van der Waals surface area contributed by atoms with Gasteiger partial charge in [0.15, 0.2) is 0 Å².